The number of hydrogen-bond acceptors (Lipinski definition) is 6. The first-order valence-electron chi connectivity index (χ1n) is 26.9. The molecule has 0 aromatic carbocycles. The van der Waals surface area contributed by atoms with Crippen molar-refractivity contribution in [1.29, 1.82) is 0 Å². The summed E-state index contributed by atoms with van der Waals surface area (Å²) in [5.41, 5.74) is 0. The maximum absolute atomic E-state index is 12.7. The second kappa shape index (κ2) is 53.7. The number of ether oxygens (including phenoxy) is 3. The first-order chi connectivity index (χ1) is 32.5. The van der Waals surface area contributed by atoms with Crippen LogP contribution in [0, 0.1) is 0 Å². The molecule has 1 unspecified atom stereocenters. The van der Waals surface area contributed by atoms with Gasteiger partial charge in [0, 0.05) is 12.8 Å². The van der Waals surface area contributed by atoms with Gasteiger partial charge in [0.15, 0.2) is 6.10 Å². The first kappa shape index (κ1) is 62.1. The third-order valence-corrected chi connectivity index (χ3v) is 11.1. The summed E-state index contributed by atoms with van der Waals surface area (Å²) in [6.45, 7) is 6.29. The Morgan fingerprint density at radius 3 is 1.00 bits per heavy atom. The molecule has 0 N–H and O–H groups in total. The molecule has 66 heavy (non-hydrogen) atoms. The SMILES string of the molecule is CC/C=C\C/C=C\C/C=C\C/C=C\C/C=C\CC(=O)OC(COC(=O)CCCCCCCCCC)COC(=O)CCCCCCCCCCCCCC/C=C\C/C=C\C/C=C\C/C=C\CC. The van der Waals surface area contributed by atoms with E-state index in [-0.39, 0.29) is 31.6 Å². The minimum absolute atomic E-state index is 0.0952. The normalized spacial score (nSPS) is 13.0. The van der Waals surface area contributed by atoms with Gasteiger partial charge in [-0.3, -0.25) is 14.4 Å². The molecule has 0 aromatic rings. The molecule has 0 aliphatic carbocycles. The maximum atomic E-state index is 12.7. The van der Waals surface area contributed by atoms with Crippen molar-refractivity contribution < 1.29 is 28.6 Å². The summed E-state index contributed by atoms with van der Waals surface area (Å²) in [6.07, 6.45) is 72.6. The molecule has 0 amide bonds. The average Bonchev–Trinajstić information content (AvgIpc) is 3.31. The molecule has 0 heterocycles. The van der Waals surface area contributed by atoms with Gasteiger partial charge in [-0.15, -0.1) is 0 Å². The Kier molecular flexibility index (Phi) is 50.5. The fourth-order valence-corrected chi connectivity index (χ4v) is 7.10. The number of esters is 3. The van der Waals surface area contributed by atoms with Crippen molar-refractivity contribution in [3.8, 4) is 0 Å². The van der Waals surface area contributed by atoms with Gasteiger partial charge >= 0.3 is 17.9 Å². The quantitative estimate of drug-likeness (QED) is 0.0262. The Bertz CT molecular complexity index is 1370. The minimum atomic E-state index is -0.831. The Balaban J connectivity index is 4.29. The molecule has 374 valence electrons. The Morgan fingerprint density at radius 1 is 0.333 bits per heavy atom. The van der Waals surface area contributed by atoms with Crippen molar-refractivity contribution in [3.05, 3.63) is 109 Å². The van der Waals surface area contributed by atoms with Crippen LogP contribution in [0.2, 0.25) is 0 Å². The maximum Gasteiger partial charge on any atom is 0.310 e. The lowest BCUT2D eigenvalue weighted by molar-refractivity contribution is -0.166. The van der Waals surface area contributed by atoms with Crippen LogP contribution in [0.25, 0.3) is 0 Å². The third-order valence-electron chi connectivity index (χ3n) is 11.1. The molecule has 0 aliphatic heterocycles. The van der Waals surface area contributed by atoms with Crippen LogP contribution in [0.4, 0.5) is 0 Å². The number of allylic oxidation sites excluding steroid dienone is 17. The number of rotatable bonds is 47. The lowest BCUT2D eigenvalue weighted by Gasteiger charge is -2.18. The number of carbonyl (C=O) groups is 3. The summed E-state index contributed by atoms with van der Waals surface area (Å²) in [7, 11) is 0. The fraction of sp³-hybridized carbons (Fsp3) is 0.650. The summed E-state index contributed by atoms with van der Waals surface area (Å²) in [5.74, 6) is -1.06. The summed E-state index contributed by atoms with van der Waals surface area (Å²) < 4.78 is 16.6. The van der Waals surface area contributed by atoms with Crippen LogP contribution in [0.3, 0.4) is 0 Å². The average molecular weight is 915 g/mol. The molecule has 6 nitrogen and oxygen atoms in total. The molecule has 0 fully saturated rings. The molecule has 0 bridgehead atoms. The highest BCUT2D eigenvalue weighted by Crippen LogP contribution is 2.14. The molecular weight excluding hydrogens is 817 g/mol. The smallest absolute Gasteiger partial charge is 0.310 e. The van der Waals surface area contributed by atoms with E-state index in [9.17, 15) is 14.4 Å². The molecule has 0 saturated carbocycles. The largest absolute Gasteiger partial charge is 0.462 e. The van der Waals surface area contributed by atoms with Crippen LogP contribution in [0.5, 0.6) is 0 Å². The van der Waals surface area contributed by atoms with Gasteiger partial charge in [0.25, 0.3) is 0 Å². The summed E-state index contributed by atoms with van der Waals surface area (Å²) in [4.78, 5) is 37.8. The molecule has 0 saturated heterocycles. The van der Waals surface area contributed by atoms with Crippen molar-refractivity contribution in [2.45, 2.75) is 239 Å². The van der Waals surface area contributed by atoms with Gasteiger partial charge in [-0.2, -0.15) is 0 Å². The van der Waals surface area contributed by atoms with Crippen molar-refractivity contribution in [3.63, 3.8) is 0 Å². The second-order valence-electron chi connectivity index (χ2n) is 17.4. The lowest BCUT2D eigenvalue weighted by Crippen LogP contribution is -2.30. The van der Waals surface area contributed by atoms with Crippen LogP contribution in [0.1, 0.15) is 233 Å². The molecule has 0 radical (unpaired) electrons. The number of carbonyl (C=O) groups excluding carboxylic acids is 3. The Morgan fingerprint density at radius 2 is 0.636 bits per heavy atom. The molecule has 6 heteroatoms. The van der Waals surface area contributed by atoms with Gasteiger partial charge in [0.1, 0.15) is 13.2 Å². The Labute approximate surface area is 406 Å². The van der Waals surface area contributed by atoms with E-state index < -0.39 is 12.1 Å². The van der Waals surface area contributed by atoms with Crippen molar-refractivity contribution in [2.75, 3.05) is 13.2 Å². The van der Waals surface area contributed by atoms with Crippen molar-refractivity contribution in [1.82, 2.24) is 0 Å². The van der Waals surface area contributed by atoms with Crippen molar-refractivity contribution in [2.24, 2.45) is 0 Å². The van der Waals surface area contributed by atoms with Gasteiger partial charge in [0.2, 0.25) is 0 Å². The molecule has 0 aromatic heterocycles. The van der Waals surface area contributed by atoms with Crippen LogP contribution in [0.15, 0.2) is 109 Å². The zero-order chi connectivity index (χ0) is 47.9. The fourth-order valence-electron chi connectivity index (χ4n) is 7.10. The second-order valence-corrected chi connectivity index (χ2v) is 17.4. The highest BCUT2D eigenvalue weighted by atomic mass is 16.6. The van der Waals surface area contributed by atoms with E-state index in [1.165, 1.54) is 96.3 Å². The van der Waals surface area contributed by atoms with E-state index in [0.29, 0.717) is 12.8 Å². The van der Waals surface area contributed by atoms with Crippen LogP contribution >= 0.6 is 0 Å². The van der Waals surface area contributed by atoms with E-state index in [1.807, 2.05) is 6.08 Å². The number of hydrogen-bond donors (Lipinski definition) is 0. The zero-order valence-electron chi connectivity index (χ0n) is 42.7. The minimum Gasteiger partial charge on any atom is -0.462 e. The monoisotopic (exact) mass is 915 g/mol. The molecular formula is C60H98O6. The highest BCUT2D eigenvalue weighted by Gasteiger charge is 2.19. The molecule has 0 aliphatic rings. The van der Waals surface area contributed by atoms with E-state index in [0.717, 1.165) is 96.3 Å². The lowest BCUT2D eigenvalue weighted by atomic mass is 10.0. The predicted molar refractivity (Wildman–Crippen MR) is 283 cm³/mol. The Hall–Kier alpha value is -3.93. The van der Waals surface area contributed by atoms with E-state index >= 15 is 0 Å². The van der Waals surface area contributed by atoms with Gasteiger partial charge in [-0.05, 0) is 83.5 Å². The van der Waals surface area contributed by atoms with Gasteiger partial charge in [-0.25, -0.2) is 0 Å². The topological polar surface area (TPSA) is 78.9 Å². The van der Waals surface area contributed by atoms with Gasteiger partial charge in [0.05, 0.1) is 6.42 Å². The van der Waals surface area contributed by atoms with E-state index in [2.05, 4.69) is 118 Å². The van der Waals surface area contributed by atoms with Gasteiger partial charge in [-0.1, -0.05) is 239 Å². The predicted octanol–water partition coefficient (Wildman–Crippen LogP) is 17.9. The molecule has 0 rings (SSSR count). The van der Waals surface area contributed by atoms with E-state index in [4.69, 9.17) is 14.2 Å². The highest BCUT2D eigenvalue weighted by molar-refractivity contribution is 5.72. The summed E-state index contributed by atoms with van der Waals surface area (Å²) >= 11 is 0. The summed E-state index contributed by atoms with van der Waals surface area (Å²) in [6, 6.07) is 0. The molecule has 0 spiro atoms. The zero-order valence-corrected chi connectivity index (χ0v) is 42.7. The van der Waals surface area contributed by atoms with Crippen LogP contribution < -0.4 is 0 Å². The third kappa shape index (κ3) is 51.1. The van der Waals surface area contributed by atoms with Crippen molar-refractivity contribution >= 4 is 17.9 Å². The molecule has 1 atom stereocenters. The van der Waals surface area contributed by atoms with Gasteiger partial charge < -0.3 is 14.2 Å². The van der Waals surface area contributed by atoms with Crippen LogP contribution in [-0.2, 0) is 28.6 Å². The number of unbranched alkanes of at least 4 members (excludes halogenated alkanes) is 19. The van der Waals surface area contributed by atoms with Crippen LogP contribution in [-0.4, -0.2) is 37.2 Å². The standard InChI is InChI=1S/C60H98O6/c1-4-7-10-13-16-19-21-23-25-26-27-28-29-30-31-32-33-34-36-37-39-41-44-47-50-53-59(62)65-56-57(55-64-58(61)52-49-46-43-18-15-12-9-6-3)66-60(63)54-51-48-45-42-40-38-35-24-22-20-17-14-11-8-5-2/h7-8,10-11,16-17,19-20,23-25,27-28,35,40,42,48,51,57H,4-6,9,12-15,18,21-22,26,29-34,36-39,41,43-47,49-50,52-56H2,1-3H3/b10-7-,11-8-,19-16-,20-17-,25-23-,28-27-,35-24-,42-40-,51-48-. The summed E-state index contributed by atoms with van der Waals surface area (Å²) in [5, 5.41) is 0. The van der Waals surface area contributed by atoms with E-state index in [1.54, 1.807) is 6.08 Å². The first-order valence-corrected chi connectivity index (χ1v) is 26.9.